The zero-order valence-electron chi connectivity index (χ0n) is 10.4. The van der Waals surface area contributed by atoms with Gasteiger partial charge in [-0.05, 0) is 36.4 Å². The maximum Gasteiger partial charge on any atom is 0.226 e. The number of hydrogen-bond acceptors (Lipinski definition) is 4. The monoisotopic (exact) mass is 252 g/mol. The lowest BCUT2D eigenvalue weighted by Crippen LogP contribution is -1.84. The van der Waals surface area contributed by atoms with Gasteiger partial charge in [0.2, 0.25) is 5.89 Å². The highest BCUT2D eigenvalue weighted by Gasteiger charge is 2.08. The van der Waals surface area contributed by atoms with Crippen LogP contribution in [-0.2, 0) is 0 Å². The Morgan fingerprint density at radius 3 is 2.53 bits per heavy atom. The SMILES string of the molecule is COc1ccc(-c2nc(-c3ccccn3)co2)cc1. The number of ether oxygens (including phenoxy) is 1. The smallest absolute Gasteiger partial charge is 0.226 e. The Kier molecular flexibility index (Phi) is 2.98. The molecule has 0 aliphatic carbocycles. The van der Waals surface area contributed by atoms with E-state index in [1.54, 1.807) is 19.6 Å². The Hall–Kier alpha value is -2.62. The third-order valence-corrected chi connectivity index (χ3v) is 2.77. The van der Waals surface area contributed by atoms with Gasteiger partial charge in [-0.3, -0.25) is 4.98 Å². The minimum atomic E-state index is 0.573. The van der Waals surface area contributed by atoms with E-state index in [1.807, 2.05) is 42.5 Å². The van der Waals surface area contributed by atoms with Crippen LogP contribution >= 0.6 is 0 Å². The van der Waals surface area contributed by atoms with E-state index in [4.69, 9.17) is 9.15 Å². The minimum Gasteiger partial charge on any atom is -0.497 e. The topological polar surface area (TPSA) is 48.2 Å². The van der Waals surface area contributed by atoms with Gasteiger partial charge in [-0.2, -0.15) is 0 Å². The van der Waals surface area contributed by atoms with E-state index in [-0.39, 0.29) is 0 Å². The van der Waals surface area contributed by atoms with Crippen LogP contribution in [0.5, 0.6) is 5.75 Å². The van der Waals surface area contributed by atoms with Gasteiger partial charge in [0.25, 0.3) is 0 Å². The summed E-state index contributed by atoms with van der Waals surface area (Å²) in [6, 6.07) is 13.3. The summed E-state index contributed by atoms with van der Waals surface area (Å²) in [5.74, 6) is 1.38. The second-order valence-corrected chi connectivity index (χ2v) is 3.98. The zero-order valence-corrected chi connectivity index (χ0v) is 10.4. The van der Waals surface area contributed by atoms with Crippen molar-refractivity contribution >= 4 is 0 Å². The van der Waals surface area contributed by atoms with Crippen molar-refractivity contribution in [1.82, 2.24) is 9.97 Å². The first-order valence-corrected chi connectivity index (χ1v) is 5.88. The van der Waals surface area contributed by atoms with E-state index in [9.17, 15) is 0 Å². The number of oxazole rings is 1. The molecule has 0 aliphatic rings. The molecule has 2 aromatic heterocycles. The fourth-order valence-corrected chi connectivity index (χ4v) is 1.77. The largest absolute Gasteiger partial charge is 0.497 e. The van der Waals surface area contributed by atoms with Gasteiger partial charge in [0, 0.05) is 11.8 Å². The molecule has 94 valence electrons. The number of hydrogen-bond donors (Lipinski definition) is 0. The predicted octanol–water partition coefficient (Wildman–Crippen LogP) is 3.41. The Bertz CT molecular complexity index is 660. The summed E-state index contributed by atoms with van der Waals surface area (Å²) in [5.41, 5.74) is 2.43. The van der Waals surface area contributed by atoms with Gasteiger partial charge in [0.15, 0.2) is 0 Å². The standard InChI is InChI=1S/C15H12N2O2/c1-18-12-7-5-11(6-8-12)15-17-14(10-19-15)13-4-2-3-9-16-13/h2-10H,1H3. The molecule has 19 heavy (non-hydrogen) atoms. The fourth-order valence-electron chi connectivity index (χ4n) is 1.77. The van der Waals surface area contributed by atoms with Crippen molar-refractivity contribution in [2.75, 3.05) is 7.11 Å². The highest BCUT2D eigenvalue weighted by atomic mass is 16.5. The molecule has 0 saturated carbocycles. The van der Waals surface area contributed by atoms with Crippen LogP contribution < -0.4 is 4.74 Å². The molecule has 0 unspecified atom stereocenters. The molecular weight excluding hydrogens is 240 g/mol. The van der Waals surface area contributed by atoms with Crippen LogP contribution in [0.2, 0.25) is 0 Å². The minimum absolute atomic E-state index is 0.573. The molecule has 2 heterocycles. The Morgan fingerprint density at radius 1 is 1.00 bits per heavy atom. The van der Waals surface area contributed by atoms with Crippen molar-refractivity contribution in [3.05, 3.63) is 54.9 Å². The van der Waals surface area contributed by atoms with Crippen LogP contribution in [0, 0.1) is 0 Å². The van der Waals surface area contributed by atoms with Crippen LogP contribution in [-0.4, -0.2) is 17.1 Å². The number of rotatable bonds is 3. The van der Waals surface area contributed by atoms with E-state index in [0.29, 0.717) is 5.89 Å². The summed E-state index contributed by atoms with van der Waals surface area (Å²) < 4.78 is 10.6. The molecule has 0 fully saturated rings. The number of methoxy groups -OCH3 is 1. The quantitative estimate of drug-likeness (QED) is 0.716. The number of nitrogens with zero attached hydrogens (tertiary/aromatic N) is 2. The first-order chi connectivity index (χ1) is 9.36. The molecule has 4 nitrogen and oxygen atoms in total. The van der Waals surface area contributed by atoms with Crippen LogP contribution in [0.25, 0.3) is 22.8 Å². The fraction of sp³-hybridized carbons (Fsp3) is 0.0667. The van der Waals surface area contributed by atoms with Crippen molar-refractivity contribution in [3.8, 4) is 28.6 Å². The van der Waals surface area contributed by atoms with Crippen molar-refractivity contribution in [3.63, 3.8) is 0 Å². The summed E-state index contributed by atoms with van der Waals surface area (Å²) in [6.07, 6.45) is 3.35. The Labute approximate surface area is 110 Å². The molecule has 0 spiro atoms. The van der Waals surface area contributed by atoms with Crippen LogP contribution in [0.4, 0.5) is 0 Å². The van der Waals surface area contributed by atoms with Crippen LogP contribution in [0.3, 0.4) is 0 Å². The third-order valence-electron chi connectivity index (χ3n) is 2.77. The summed E-state index contributed by atoms with van der Waals surface area (Å²) >= 11 is 0. The maximum absolute atomic E-state index is 5.49. The first kappa shape index (κ1) is 11.5. The van der Waals surface area contributed by atoms with E-state index >= 15 is 0 Å². The molecule has 0 bridgehead atoms. The highest BCUT2D eigenvalue weighted by Crippen LogP contribution is 2.24. The number of benzene rings is 1. The summed E-state index contributed by atoms with van der Waals surface area (Å²) in [4.78, 5) is 8.68. The molecule has 0 amide bonds. The van der Waals surface area contributed by atoms with Gasteiger partial charge < -0.3 is 9.15 Å². The summed E-state index contributed by atoms with van der Waals surface area (Å²) in [5, 5.41) is 0. The molecule has 1 aromatic carbocycles. The van der Waals surface area contributed by atoms with E-state index in [2.05, 4.69) is 9.97 Å². The second-order valence-electron chi connectivity index (χ2n) is 3.98. The van der Waals surface area contributed by atoms with E-state index < -0.39 is 0 Å². The van der Waals surface area contributed by atoms with Gasteiger partial charge in [0.05, 0.1) is 12.8 Å². The van der Waals surface area contributed by atoms with Gasteiger partial charge in [0.1, 0.15) is 17.7 Å². The molecule has 0 aliphatic heterocycles. The summed E-state index contributed by atoms with van der Waals surface area (Å²) in [6.45, 7) is 0. The lowest BCUT2D eigenvalue weighted by molar-refractivity contribution is 0.415. The molecule has 0 N–H and O–H groups in total. The van der Waals surface area contributed by atoms with E-state index in [0.717, 1.165) is 22.7 Å². The van der Waals surface area contributed by atoms with Crippen molar-refractivity contribution < 1.29 is 9.15 Å². The van der Waals surface area contributed by atoms with Crippen molar-refractivity contribution in [2.45, 2.75) is 0 Å². The third kappa shape index (κ3) is 2.33. The molecular formula is C15H12N2O2. The van der Waals surface area contributed by atoms with Crippen LogP contribution in [0.15, 0.2) is 59.3 Å². The normalized spacial score (nSPS) is 10.4. The lowest BCUT2D eigenvalue weighted by Gasteiger charge is -1.99. The molecule has 0 saturated heterocycles. The average Bonchev–Trinajstić information content (AvgIpc) is 2.98. The van der Waals surface area contributed by atoms with Gasteiger partial charge in [-0.15, -0.1) is 0 Å². The predicted molar refractivity (Wildman–Crippen MR) is 71.7 cm³/mol. The second kappa shape index (κ2) is 4.94. The molecule has 4 heteroatoms. The summed E-state index contributed by atoms with van der Waals surface area (Å²) in [7, 11) is 1.64. The Balaban J connectivity index is 1.92. The maximum atomic E-state index is 5.49. The molecule has 3 aromatic rings. The molecule has 0 atom stereocenters. The highest BCUT2D eigenvalue weighted by molar-refractivity contribution is 5.60. The Morgan fingerprint density at radius 2 is 1.84 bits per heavy atom. The van der Waals surface area contributed by atoms with Crippen molar-refractivity contribution in [2.24, 2.45) is 0 Å². The van der Waals surface area contributed by atoms with Crippen LogP contribution in [0.1, 0.15) is 0 Å². The van der Waals surface area contributed by atoms with Crippen molar-refractivity contribution in [1.29, 1.82) is 0 Å². The first-order valence-electron chi connectivity index (χ1n) is 5.88. The lowest BCUT2D eigenvalue weighted by atomic mass is 10.2. The van der Waals surface area contributed by atoms with Gasteiger partial charge in [-0.25, -0.2) is 4.98 Å². The van der Waals surface area contributed by atoms with Gasteiger partial charge in [-0.1, -0.05) is 6.07 Å². The zero-order chi connectivity index (χ0) is 13.1. The van der Waals surface area contributed by atoms with E-state index in [1.165, 1.54) is 0 Å². The van der Waals surface area contributed by atoms with Gasteiger partial charge >= 0.3 is 0 Å². The number of pyridine rings is 1. The average molecular weight is 252 g/mol. The number of aromatic nitrogens is 2. The molecule has 3 rings (SSSR count). The molecule has 0 radical (unpaired) electrons.